The molecule has 3 aromatic carbocycles. The molecule has 30 heavy (non-hydrogen) atoms. The third-order valence-corrected chi connectivity index (χ3v) is 5.56. The number of ether oxygens (including phenoxy) is 2. The minimum atomic E-state index is 0.453. The van der Waals surface area contributed by atoms with Crippen LogP contribution >= 0.6 is 34.2 Å². The van der Waals surface area contributed by atoms with E-state index in [1.165, 1.54) is 5.56 Å². The van der Waals surface area contributed by atoms with Crippen LogP contribution in [0.25, 0.3) is 11.6 Å². The number of aryl methyl sites for hydroxylation is 1. The van der Waals surface area contributed by atoms with Crippen molar-refractivity contribution in [2.45, 2.75) is 20.5 Å². The van der Waals surface area contributed by atoms with E-state index in [4.69, 9.17) is 21.1 Å². The zero-order valence-corrected chi connectivity index (χ0v) is 19.7. The van der Waals surface area contributed by atoms with Gasteiger partial charge < -0.3 is 9.47 Å². The smallest absolute Gasteiger partial charge is 0.175 e. The van der Waals surface area contributed by atoms with Gasteiger partial charge in [0.2, 0.25) is 0 Å². The molecule has 0 spiro atoms. The van der Waals surface area contributed by atoms with Crippen LogP contribution in [0.15, 0.2) is 60.7 Å². The molecule has 5 heteroatoms. The lowest BCUT2D eigenvalue weighted by Crippen LogP contribution is -2.02. The monoisotopic (exact) mass is 529 g/mol. The number of hydrogen-bond donors (Lipinski definition) is 0. The topological polar surface area (TPSA) is 42.2 Å². The fourth-order valence-corrected chi connectivity index (χ4v) is 3.95. The number of nitriles is 1. The molecule has 3 rings (SSSR count). The summed E-state index contributed by atoms with van der Waals surface area (Å²) in [5, 5.41) is 10.2. The zero-order chi connectivity index (χ0) is 21.5. The van der Waals surface area contributed by atoms with Crippen molar-refractivity contribution >= 4 is 45.8 Å². The van der Waals surface area contributed by atoms with E-state index in [-0.39, 0.29) is 0 Å². The predicted molar refractivity (Wildman–Crippen MR) is 131 cm³/mol. The lowest BCUT2D eigenvalue weighted by Gasteiger charge is -2.15. The number of hydrogen-bond acceptors (Lipinski definition) is 3. The van der Waals surface area contributed by atoms with Gasteiger partial charge in [0.25, 0.3) is 0 Å². The molecule has 152 valence electrons. The Morgan fingerprint density at radius 2 is 1.83 bits per heavy atom. The first-order valence-electron chi connectivity index (χ1n) is 9.53. The summed E-state index contributed by atoms with van der Waals surface area (Å²) in [6.45, 7) is 4.96. The Balaban J connectivity index is 1.93. The maximum absolute atomic E-state index is 9.66. The summed E-state index contributed by atoms with van der Waals surface area (Å²) in [6.07, 6.45) is 1.82. The first-order valence-corrected chi connectivity index (χ1v) is 11.0. The van der Waals surface area contributed by atoms with E-state index in [1.807, 2.05) is 43.3 Å². The molecular weight excluding hydrogens is 509 g/mol. The van der Waals surface area contributed by atoms with Crippen LogP contribution in [0.2, 0.25) is 5.02 Å². The summed E-state index contributed by atoms with van der Waals surface area (Å²) in [5.41, 5.74) is 4.35. The molecule has 0 saturated carbocycles. The molecule has 0 aliphatic carbocycles. The standard InChI is InChI=1S/C25H21ClINO2/c1-3-29-24-14-19(12-20(15-28)21-6-4-5-7-22(21)26)13-23(27)25(24)30-16-18-10-8-17(2)9-11-18/h4-14H,3,16H2,1-2H3. The van der Waals surface area contributed by atoms with Gasteiger partial charge in [-0.15, -0.1) is 0 Å². The van der Waals surface area contributed by atoms with Crippen molar-refractivity contribution < 1.29 is 9.47 Å². The maximum atomic E-state index is 9.66. The molecule has 0 amide bonds. The molecule has 0 heterocycles. The predicted octanol–water partition coefficient (Wildman–Crippen LogP) is 7.29. The lowest BCUT2D eigenvalue weighted by molar-refractivity contribution is 0.267. The highest BCUT2D eigenvalue weighted by Crippen LogP contribution is 2.36. The highest BCUT2D eigenvalue weighted by atomic mass is 127. The highest BCUT2D eigenvalue weighted by molar-refractivity contribution is 14.1. The Morgan fingerprint density at radius 3 is 2.50 bits per heavy atom. The first kappa shape index (κ1) is 22.2. The van der Waals surface area contributed by atoms with Crippen LogP contribution in [-0.2, 0) is 6.61 Å². The third-order valence-electron chi connectivity index (χ3n) is 4.43. The van der Waals surface area contributed by atoms with Gasteiger partial charge in [0.1, 0.15) is 6.61 Å². The molecule has 0 aliphatic heterocycles. The van der Waals surface area contributed by atoms with Crippen LogP contribution in [0.5, 0.6) is 11.5 Å². The Hall–Kier alpha value is -2.49. The molecule has 3 aromatic rings. The van der Waals surface area contributed by atoms with Crippen molar-refractivity contribution in [3.05, 3.63) is 91.5 Å². The molecule has 3 nitrogen and oxygen atoms in total. The van der Waals surface area contributed by atoms with Crippen LogP contribution < -0.4 is 9.47 Å². The molecule has 0 saturated heterocycles. The van der Waals surface area contributed by atoms with Gasteiger partial charge in [0.05, 0.1) is 21.8 Å². The van der Waals surface area contributed by atoms with Crippen LogP contribution in [0, 0.1) is 21.8 Å². The van der Waals surface area contributed by atoms with Crippen molar-refractivity contribution in [1.82, 2.24) is 0 Å². The van der Waals surface area contributed by atoms with E-state index in [0.717, 1.165) is 14.7 Å². The molecule has 0 aliphatic rings. The molecule has 0 radical (unpaired) electrons. The molecule has 0 unspecified atom stereocenters. The fourth-order valence-electron chi connectivity index (χ4n) is 2.93. The van der Waals surface area contributed by atoms with Crippen molar-refractivity contribution in [2.75, 3.05) is 6.61 Å². The summed E-state index contributed by atoms with van der Waals surface area (Å²) >= 11 is 8.51. The fraction of sp³-hybridized carbons (Fsp3) is 0.160. The summed E-state index contributed by atoms with van der Waals surface area (Å²) in [7, 11) is 0. The Labute approximate surface area is 196 Å². The van der Waals surface area contributed by atoms with Gasteiger partial charge in [-0.05, 0) is 71.8 Å². The largest absolute Gasteiger partial charge is 0.490 e. The van der Waals surface area contributed by atoms with E-state index < -0.39 is 0 Å². The minimum absolute atomic E-state index is 0.453. The van der Waals surface area contributed by atoms with Crippen molar-refractivity contribution in [3.63, 3.8) is 0 Å². The molecule has 0 fully saturated rings. The van der Waals surface area contributed by atoms with Crippen molar-refractivity contribution in [2.24, 2.45) is 0 Å². The van der Waals surface area contributed by atoms with E-state index in [2.05, 4.69) is 59.8 Å². The number of nitrogens with zero attached hydrogens (tertiary/aromatic N) is 1. The summed E-state index contributed by atoms with van der Waals surface area (Å²) in [4.78, 5) is 0. The highest BCUT2D eigenvalue weighted by Gasteiger charge is 2.13. The van der Waals surface area contributed by atoms with Crippen molar-refractivity contribution in [3.8, 4) is 17.6 Å². The molecule has 0 aromatic heterocycles. The number of halogens is 2. The lowest BCUT2D eigenvalue weighted by atomic mass is 10.0. The minimum Gasteiger partial charge on any atom is -0.490 e. The Kier molecular flexibility index (Phi) is 7.78. The van der Waals surface area contributed by atoms with E-state index in [1.54, 1.807) is 6.07 Å². The van der Waals surface area contributed by atoms with Crippen LogP contribution in [-0.4, -0.2) is 6.61 Å². The normalized spacial score (nSPS) is 11.1. The Morgan fingerprint density at radius 1 is 1.10 bits per heavy atom. The van der Waals surface area contributed by atoms with Gasteiger partial charge >= 0.3 is 0 Å². The van der Waals surface area contributed by atoms with Gasteiger partial charge in [-0.25, -0.2) is 0 Å². The zero-order valence-electron chi connectivity index (χ0n) is 16.8. The molecule has 0 N–H and O–H groups in total. The van der Waals surface area contributed by atoms with Crippen LogP contribution in [0.3, 0.4) is 0 Å². The average Bonchev–Trinajstić information content (AvgIpc) is 2.73. The van der Waals surface area contributed by atoms with Gasteiger partial charge in [-0.2, -0.15) is 5.26 Å². The summed E-state index contributed by atoms with van der Waals surface area (Å²) in [6, 6.07) is 21.7. The first-order chi connectivity index (χ1) is 14.5. The second kappa shape index (κ2) is 10.5. The number of rotatable bonds is 7. The van der Waals surface area contributed by atoms with Crippen LogP contribution in [0.4, 0.5) is 0 Å². The van der Waals surface area contributed by atoms with Gasteiger partial charge in [-0.3, -0.25) is 0 Å². The molecular formula is C25H21ClINO2. The second-order valence-corrected chi connectivity index (χ2v) is 8.26. The molecule has 0 atom stereocenters. The average molecular weight is 530 g/mol. The van der Waals surface area contributed by atoms with Gasteiger partial charge in [0.15, 0.2) is 11.5 Å². The quantitative estimate of drug-likeness (QED) is 0.183. The van der Waals surface area contributed by atoms with E-state index in [0.29, 0.717) is 40.9 Å². The van der Waals surface area contributed by atoms with Gasteiger partial charge in [-0.1, -0.05) is 59.6 Å². The maximum Gasteiger partial charge on any atom is 0.175 e. The van der Waals surface area contributed by atoms with E-state index in [9.17, 15) is 5.26 Å². The summed E-state index contributed by atoms with van der Waals surface area (Å²) in [5.74, 6) is 1.35. The number of allylic oxidation sites excluding steroid dienone is 1. The van der Waals surface area contributed by atoms with E-state index >= 15 is 0 Å². The van der Waals surface area contributed by atoms with Crippen LogP contribution in [0.1, 0.15) is 29.2 Å². The number of benzene rings is 3. The molecule has 0 bridgehead atoms. The summed E-state index contributed by atoms with van der Waals surface area (Å²) < 4.78 is 12.9. The Bertz CT molecular complexity index is 1100. The third kappa shape index (κ3) is 5.56. The SMILES string of the molecule is CCOc1cc(C=C(C#N)c2ccccc2Cl)cc(I)c1OCc1ccc(C)cc1. The van der Waals surface area contributed by atoms with Gasteiger partial charge in [0, 0.05) is 10.6 Å². The van der Waals surface area contributed by atoms with Crippen molar-refractivity contribution in [1.29, 1.82) is 5.26 Å². The second-order valence-electron chi connectivity index (χ2n) is 6.69.